The van der Waals surface area contributed by atoms with Gasteiger partial charge in [0.15, 0.2) is 5.65 Å². The topological polar surface area (TPSA) is 79.1 Å². The number of nitrogens with zero attached hydrogens (tertiary/aromatic N) is 5. The molecule has 0 amide bonds. The first-order chi connectivity index (χ1) is 18.9. The zero-order valence-corrected chi connectivity index (χ0v) is 23.4. The number of aromatic amines is 2. The largest absolute Gasteiger partial charge is 0.368 e. The zero-order chi connectivity index (χ0) is 27.5. The lowest BCUT2D eigenvalue weighted by Crippen LogP contribution is -2.44. The Morgan fingerprint density at radius 2 is 1.95 bits per heavy atom. The molecule has 0 unspecified atom stereocenters. The number of rotatable bonds is 9. The van der Waals surface area contributed by atoms with Crippen molar-refractivity contribution < 1.29 is 0 Å². The van der Waals surface area contributed by atoms with Crippen molar-refractivity contribution in [1.82, 2.24) is 35.3 Å². The van der Waals surface area contributed by atoms with Gasteiger partial charge in [0, 0.05) is 77.9 Å². The second kappa shape index (κ2) is 11.3. The van der Waals surface area contributed by atoms with Crippen molar-refractivity contribution in [3.8, 4) is 11.4 Å². The van der Waals surface area contributed by atoms with Gasteiger partial charge in [0.05, 0.1) is 11.4 Å². The number of aromatic nitrogens is 4. The van der Waals surface area contributed by atoms with E-state index >= 15 is 0 Å². The highest BCUT2D eigenvalue weighted by Gasteiger charge is 2.19. The third-order valence-electron chi connectivity index (χ3n) is 7.17. The van der Waals surface area contributed by atoms with Crippen LogP contribution in [-0.2, 0) is 0 Å². The molecule has 1 fully saturated rings. The standard InChI is InChI=1S/C31H38N8/c1-7-22(16-24(8-2)33-21(3)20-37(4)5)23-17-26-30(35-36-31(26)32-19-23)28-18-25-27(34-28)10-9-11-29(25)39-14-12-38(6)13-15-39/h7-11,16-19,33-34H,2-3,12-15,20H2,1,4-6H3,(H,32,35,36)/b22-7+,24-16+. The molecule has 1 aliphatic heterocycles. The van der Waals surface area contributed by atoms with Crippen LogP contribution in [-0.4, -0.2) is 83.8 Å². The predicted molar refractivity (Wildman–Crippen MR) is 164 cm³/mol. The maximum atomic E-state index is 4.67. The van der Waals surface area contributed by atoms with E-state index in [9.17, 15) is 0 Å². The summed E-state index contributed by atoms with van der Waals surface area (Å²) in [5, 5.41) is 13.3. The molecule has 0 bridgehead atoms. The normalized spacial score (nSPS) is 15.5. The fraction of sp³-hybridized carbons (Fsp3) is 0.290. The fourth-order valence-electron chi connectivity index (χ4n) is 5.13. The Bertz CT molecular complexity index is 1560. The third kappa shape index (κ3) is 5.67. The average molecular weight is 523 g/mol. The number of fused-ring (bicyclic) bond motifs is 2. The van der Waals surface area contributed by atoms with Crippen LogP contribution in [0.15, 0.2) is 79.3 Å². The van der Waals surface area contributed by atoms with Gasteiger partial charge in [-0.05, 0) is 70.1 Å². The number of hydrogen-bond donors (Lipinski definition) is 3. The minimum absolute atomic E-state index is 0.688. The SMILES string of the molecule is C=C/C(=C\C(=C/C)c1cnc2n[nH]c(-c3cc4c(N5CCN(C)CC5)cccc4[nH]3)c2c1)NC(=C)CN(C)C. The molecule has 8 heteroatoms. The molecule has 3 aromatic heterocycles. The lowest BCUT2D eigenvalue weighted by atomic mass is 10.0. The summed E-state index contributed by atoms with van der Waals surface area (Å²) in [6.07, 6.45) is 7.82. The molecule has 1 aliphatic rings. The summed E-state index contributed by atoms with van der Waals surface area (Å²) in [5.74, 6) is 0. The van der Waals surface area contributed by atoms with E-state index in [0.717, 1.165) is 77.5 Å². The molecule has 8 nitrogen and oxygen atoms in total. The molecule has 0 aliphatic carbocycles. The van der Waals surface area contributed by atoms with Gasteiger partial charge in [0.1, 0.15) is 0 Å². The molecular formula is C31H38N8. The first-order valence-corrected chi connectivity index (χ1v) is 13.4. The van der Waals surface area contributed by atoms with Gasteiger partial charge in [-0.25, -0.2) is 4.98 Å². The molecule has 3 N–H and O–H groups in total. The quantitative estimate of drug-likeness (QED) is 0.269. The van der Waals surface area contributed by atoms with Crippen molar-refractivity contribution in [2.24, 2.45) is 0 Å². The summed E-state index contributed by atoms with van der Waals surface area (Å²) in [4.78, 5) is 15.2. The van der Waals surface area contributed by atoms with E-state index < -0.39 is 0 Å². The smallest absolute Gasteiger partial charge is 0.181 e. The molecular weight excluding hydrogens is 484 g/mol. The molecule has 0 spiro atoms. The lowest BCUT2D eigenvalue weighted by molar-refractivity contribution is 0.313. The zero-order valence-electron chi connectivity index (χ0n) is 23.4. The number of nitrogens with one attached hydrogen (secondary N) is 3. The molecule has 202 valence electrons. The Morgan fingerprint density at radius 1 is 1.15 bits per heavy atom. The summed E-state index contributed by atoms with van der Waals surface area (Å²) < 4.78 is 0. The molecule has 0 radical (unpaired) electrons. The summed E-state index contributed by atoms with van der Waals surface area (Å²) in [5.41, 5.74) is 8.83. The maximum absolute atomic E-state index is 4.67. The van der Waals surface area contributed by atoms with Crippen LogP contribution < -0.4 is 10.2 Å². The van der Waals surface area contributed by atoms with E-state index in [0.29, 0.717) is 5.65 Å². The number of H-pyrrole nitrogens is 2. The van der Waals surface area contributed by atoms with Crippen molar-refractivity contribution in [2.45, 2.75) is 6.92 Å². The van der Waals surface area contributed by atoms with Gasteiger partial charge >= 0.3 is 0 Å². The number of benzene rings is 1. The van der Waals surface area contributed by atoms with E-state index in [1.807, 2.05) is 33.3 Å². The van der Waals surface area contributed by atoms with Crippen LogP contribution in [0, 0.1) is 0 Å². The van der Waals surface area contributed by atoms with Gasteiger partial charge in [0.25, 0.3) is 0 Å². The van der Waals surface area contributed by atoms with Crippen LogP contribution in [0.3, 0.4) is 0 Å². The van der Waals surface area contributed by atoms with Crippen molar-refractivity contribution in [3.05, 3.63) is 84.9 Å². The van der Waals surface area contributed by atoms with Crippen LogP contribution in [0.2, 0.25) is 0 Å². The van der Waals surface area contributed by atoms with E-state index in [1.165, 1.54) is 11.1 Å². The number of pyridine rings is 1. The summed E-state index contributed by atoms with van der Waals surface area (Å²) >= 11 is 0. The molecule has 4 heterocycles. The second-order valence-corrected chi connectivity index (χ2v) is 10.4. The molecule has 4 aromatic rings. The van der Waals surface area contributed by atoms with Crippen LogP contribution in [0.25, 0.3) is 38.9 Å². The first kappa shape index (κ1) is 26.5. The summed E-state index contributed by atoms with van der Waals surface area (Å²) in [6, 6.07) is 10.9. The number of allylic oxidation sites excluding steroid dienone is 4. The van der Waals surface area contributed by atoms with Crippen molar-refractivity contribution >= 4 is 33.2 Å². The molecule has 0 saturated carbocycles. The van der Waals surface area contributed by atoms with E-state index in [4.69, 9.17) is 0 Å². The van der Waals surface area contributed by atoms with Crippen LogP contribution in [0.5, 0.6) is 0 Å². The minimum Gasteiger partial charge on any atom is -0.368 e. The van der Waals surface area contributed by atoms with Gasteiger partial charge in [-0.2, -0.15) is 5.10 Å². The summed E-state index contributed by atoms with van der Waals surface area (Å²) in [6.45, 7) is 15.1. The van der Waals surface area contributed by atoms with Gasteiger partial charge < -0.3 is 25.0 Å². The monoisotopic (exact) mass is 522 g/mol. The second-order valence-electron chi connectivity index (χ2n) is 10.4. The summed E-state index contributed by atoms with van der Waals surface area (Å²) in [7, 11) is 6.22. The molecule has 5 rings (SSSR count). The number of anilines is 1. The Labute approximate surface area is 230 Å². The van der Waals surface area contributed by atoms with Gasteiger partial charge in [-0.1, -0.05) is 25.3 Å². The Hall–Kier alpha value is -4.14. The first-order valence-electron chi connectivity index (χ1n) is 13.4. The maximum Gasteiger partial charge on any atom is 0.181 e. The highest BCUT2D eigenvalue weighted by Crippen LogP contribution is 2.34. The Balaban J connectivity index is 1.48. The molecule has 1 saturated heterocycles. The van der Waals surface area contributed by atoms with Crippen molar-refractivity contribution in [2.75, 3.05) is 58.8 Å². The number of hydrogen-bond acceptors (Lipinski definition) is 6. The predicted octanol–water partition coefficient (Wildman–Crippen LogP) is 5.00. The van der Waals surface area contributed by atoms with Gasteiger partial charge in [-0.3, -0.25) is 5.10 Å². The fourth-order valence-corrected chi connectivity index (χ4v) is 5.13. The van der Waals surface area contributed by atoms with Crippen LogP contribution in [0.1, 0.15) is 12.5 Å². The van der Waals surface area contributed by atoms with Crippen LogP contribution >= 0.6 is 0 Å². The van der Waals surface area contributed by atoms with Gasteiger partial charge in [-0.15, -0.1) is 0 Å². The Kier molecular flexibility index (Phi) is 7.67. The van der Waals surface area contributed by atoms with Gasteiger partial charge in [0.2, 0.25) is 0 Å². The van der Waals surface area contributed by atoms with E-state index in [2.05, 4.69) is 103 Å². The molecule has 0 atom stereocenters. The van der Waals surface area contributed by atoms with Crippen molar-refractivity contribution in [3.63, 3.8) is 0 Å². The Morgan fingerprint density at radius 3 is 2.67 bits per heavy atom. The lowest BCUT2D eigenvalue weighted by Gasteiger charge is -2.34. The highest BCUT2D eigenvalue weighted by atomic mass is 15.2. The third-order valence-corrected chi connectivity index (χ3v) is 7.17. The van der Waals surface area contributed by atoms with Crippen molar-refractivity contribution in [1.29, 1.82) is 0 Å². The van der Waals surface area contributed by atoms with E-state index in [1.54, 1.807) is 0 Å². The molecule has 39 heavy (non-hydrogen) atoms. The number of likely N-dealkylation sites (N-methyl/N-ethyl adjacent to an activating group) is 2. The average Bonchev–Trinajstić information content (AvgIpc) is 3.54. The van der Waals surface area contributed by atoms with Crippen LogP contribution in [0.4, 0.5) is 5.69 Å². The highest BCUT2D eigenvalue weighted by molar-refractivity contribution is 6.00. The molecule has 1 aromatic carbocycles. The minimum atomic E-state index is 0.688. The number of piperazine rings is 1. The van der Waals surface area contributed by atoms with E-state index in [-0.39, 0.29) is 0 Å².